The van der Waals surface area contributed by atoms with Gasteiger partial charge in [-0.15, -0.1) is 0 Å². The summed E-state index contributed by atoms with van der Waals surface area (Å²) in [5, 5.41) is 6.19. The number of rotatable bonds is 2. The largest absolute Gasteiger partial charge is 0.343 e. The van der Waals surface area contributed by atoms with Crippen molar-refractivity contribution in [2.45, 2.75) is 0 Å². The summed E-state index contributed by atoms with van der Waals surface area (Å²) >= 11 is 6.14. The van der Waals surface area contributed by atoms with Gasteiger partial charge in [-0.3, -0.25) is 9.59 Å². The summed E-state index contributed by atoms with van der Waals surface area (Å²) in [6.45, 7) is 0. The molecule has 0 saturated heterocycles. The number of amides is 1. The summed E-state index contributed by atoms with van der Waals surface area (Å²) in [4.78, 5) is 31.7. The lowest BCUT2D eigenvalue weighted by Gasteiger charge is -2.13. The zero-order valence-corrected chi connectivity index (χ0v) is 15.7. The van der Waals surface area contributed by atoms with Crippen LogP contribution in [0.1, 0.15) is 10.5 Å². The van der Waals surface area contributed by atoms with Gasteiger partial charge in [0.2, 0.25) is 0 Å². The van der Waals surface area contributed by atoms with Crippen molar-refractivity contribution < 1.29 is 4.79 Å². The van der Waals surface area contributed by atoms with E-state index in [4.69, 9.17) is 11.6 Å². The smallest absolute Gasteiger partial charge is 0.297 e. The third-order valence-corrected chi connectivity index (χ3v) is 4.70. The van der Waals surface area contributed by atoms with Crippen LogP contribution in [-0.2, 0) is 7.05 Å². The van der Waals surface area contributed by atoms with Crippen molar-refractivity contribution in [3.05, 3.63) is 63.7 Å². The summed E-state index contributed by atoms with van der Waals surface area (Å²) in [7, 11) is 5.07. The molecule has 3 heterocycles. The molecule has 3 aromatic heterocycles. The molecular weight excluding hydrogens is 366 g/mol. The summed E-state index contributed by atoms with van der Waals surface area (Å²) in [6, 6.07) is 10.5. The second-order valence-corrected chi connectivity index (χ2v) is 6.83. The van der Waals surface area contributed by atoms with Gasteiger partial charge in [-0.25, -0.2) is 4.98 Å². The molecule has 1 amide bonds. The van der Waals surface area contributed by atoms with Crippen LogP contribution in [0.3, 0.4) is 0 Å². The third kappa shape index (κ3) is 2.59. The Kier molecular flexibility index (Phi) is 3.96. The van der Waals surface area contributed by atoms with Crippen molar-refractivity contribution in [2.24, 2.45) is 7.05 Å². The van der Waals surface area contributed by atoms with Crippen LogP contribution in [0.25, 0.3) is 27.6 Å². The highest BCUT2D eigenvalue weighted by molar-refractivity contribution is 6.31. The average molecular weight is 382 g/mol. The quantitative estimate of drug-likeness (QED) is 0.535. The Hall–Kier alpha value is -3.19. The number of benzene rings is 1. The number of pyridine rings is 1. The van der Waals surface area contributed by atoms with Crippen LogP contribution in [0.2, 0.25) is 5.02 Å². The number of carbonyl (C=O) groups is 1. The van der Waals surface area contributed by atoms with Crippen LogP contribution in [0.15, 0.2) is 47.4 Å². The first-order chi connectivity index (χ1) is 12.9. The average Bonchev–Trinajstić information content (AvgIpc) is 2.95. The molecule has 27 heavy (non-hydrogen) atoms. The first-order valence-electron chi connectivity index (χ1n) is 8.24. The Morgan fingerprint density at radius 3 is 2.63 bits per heavy atom. The van der Waals surface area contributed by atoms with Crippen molar-refractivity contribution in [3.63, 3.8) is 0 Å². The van der Waals surface area contributed by atoms with E-state index in [0.717, 1.165) is 10.9 Å². The molecule has 0 N–H and O–H groups in total. The first kappa shape index (κ1) is 17.2. The number of halogens is 1. The number of nitrogens with zero attached hydrogens (tertiary/aromatic N) is 5. The van der Waals surface area contributed by atoms with E-state index in [1.165, 1.54) is 9.58 Å². The van der Waals surface area contributed by atoms with Gasteiger partial charge >= 0.3 is 0 Å². The molecule has 136 valence electrons. The monoisotopic (exact) mass is 381 g/mol. The molecule has 0 atom stereocenters. The summed E-state index contributed by atoms with van der Waals surface area (Å²) in [5.41, 5.74) is 0.961. The molecular formula is C19H16ClN5O2. The molecule has 0 aliphatic heterocycles. The third-order valence-electron chi connectivity index (χ3n) is 4.47. The molecule has 0 spiro atoms. The number of fused-ring (bicyclic) bond motifs is 3. The Balaban J connectivity index is 2.23. The van der Waals surface area contributed by atoms with Crippen LogP contribution < -0.4 is 5.56 Å². The van der Waals surface area contributed by atoms with E-state index in [0.29, 0.717) is 21.7 Å². The Labute approximate surface area is 159 Å². The topological polar surface area (TPSA) is 73.0 Å². The van der Waals surface area contributed by atoms with Crippen LogP contribution in [-0.4, -0.2) is 44.2 Å². The second-order valence-electron chi connectivity index (χ2n) is 6.40. The Morgan fingerprint density at radius 2 is 1.96 bits per heavy atom. The van der Waals surface area contributed by atoms with Gasteiger partial charge in [0, 0.05) is 43.1 Å². The lowest BCUT2D eigenvalue weighted by Crippen LogP contribution is -2.30. The van der Waals surface area contributed by atoms with Crippen LogP contribution >= 0.6 is 11.6 Å². The summed E-state index contributed by atoms with van der Waals surface area (Å²) < 4.78 is 2.91. The van der Waals surface area contributed by atoms with Crippen molar-refractivity contribution in [2.75, 3.05) is 14.1 Å². The Bertz CT molecular complexity index is 1260. The fourth-order valence-corrected chi connectivity index (χ4v) is 3.36. The number of carbonyl (C=O) groups excluding carboxylic acids is 1. The maximum atomic E-state index is 13.2. The molecule has 0 aliphatic rings. The van der Waals surface area contributed by atoms with Crippen LogP contribution in [0.5, 0.6) is 0 Å². The molecule has 0 unspecified atom stereocenters. The zero-order valence-electron chi connectivity index (χ0n) is 15.0. The molecule has 7 nitrogen and oxygen atoms in total. The minimum Gasteiger partial charge on any atom is -0.343 e. The molecule has 0 aliphatic carbocycles. The van der Waals surface area contributed by atoms with Gasteiger partial charge in [0.25, 0.3) is 11.5 Å². The normalized spacial score (nSPS) is 11.3. The van der Waals surface area contributed by atoms with E-state index >= 15 is 0 Å². The first-order valence-corrected chi connectivity index (χ1v) is 8.62. The molecule has 0 fully saturated rings. The van der Waals surface area contributed by atoms with Gasteiger partial charge in [0.15, 0.2) is 11.5 Å². The minimum atomic E-state index is -0.353. The lowest BCUT2D eigenvalue weighted by molar-refractivity contribution is 0.0822. The predicted molar refractivity (Wildman–Crippen MR) is 105 cm³/mol. The number of aryl methyl sites for hydroxylation is 1. The standard InChI is InChI=1S/C19H16ClN5O2/c1-23(2)18(26)16-15-12-8-7-11(20)10-13(12)24(3)17(15)19(27)25(22-16)14-6-4-5-9-21-14/h4-10H,1-3H3. The van der Waals surface area contributed by atoms with E-state index in [9.17, 15) is 9.59 Å². The van der Waals surface area contributed by atoms with Crippen LogP contribution in [0.4, 0.5) is 0 Å². The van der Waals surface area contributed by atoms with Gasteiger partial charge in [0.1, 0.15) is 5.52 Å². The molecule has 0 saturated carbocycles. The highest BCUT2D eigenvalue weighted by atomic mass is 35.5. The number of hydrogen-bond acceptors (Lipinski definition) is 4. The van der Waals surface area contributed by atoms with E-state index in [2.05, 4.69) is 10.1 Å². The van der Waals surface area contributed by atoms with E-state index in [-0.39, 0.29) is 17.2 Å². The van der Waals surface area contributed by atoms with Crippen molar-refractivity contribution in [3.8, 4) is 5.82 Å². The predicted octanol–water partition coefficient (Wildman–Crippen LogP) is 2.63. The Morgan fingerprint density at radius 1 is 1.19 bits per heavy atom. The van der Waals surface area contributed by atoms with E-state index in [1.807, 2.05) is 0 Å². The molecule has 4 aromatic rings. The SMILES string of the molecule is CN(C)C(=O)c1nn(-c2ccccn2)c(=O)c2c1c1ccc(Cl)cc1n2C. The fraction of sp³-hybridized carbons (Fsp3) is 0.158. The summed E-state index contributed by atoms with van der Waals surface area (Å²) in [6.07, 6.45) is 1.57. The molecule has 8 heteroatoms. The van der Waals surface area contributed by atoms with Crippen LogP contribution in [0, 0.1) is 0 Å². The fourth-order valence-electron chi connectivity index (χ4n) is 3.19. The zero-order chi connectivity index (χ0) is 19.3. The minimum absolute atomic E-state index is 0.188. The molecule has 1 aromatic carbocycles. The molecule has 0 bridgehead atoms. The van der Waals surface area contributed by atoms with Gasteiger partial charge in [-0.1, -0.05) is 23.7 Å². The molecule has 0 radical (unpaired) electrons. The number of hydrogen-bond donors (Lipinski definition) is 0. The van der Waals surface area contributed by atoms with E-state index < -0.39 is 0 Å². The van der Waals surface area contributed by atoms with Crippen molar-refractivity contribution >= 4 is 39.3 Å². The maximum absolute atomic E-state index is 13.2. The van der Waals surface area contributed by atoms with Gasteiger partial charge in [-0.2, -0.15) is 9.78 Å². The maximum Gasteiger partial charge on any atom is 0.297 e. The van der Waals surface area contributed by atoms with Gasteiger partial charge < -0.3 is 9.47 Å². The van der Waals surface area contributed by atoms with Crippen molar-refractivity contribution in [1.82, 2.24) is 24.2 Å². The number of aromatic nitrogens is 4. The highest BCUT2D eigenvalue weighted by Crippen LogP contribution is 2.30. The van der Waals surface area contributed by atoms with Gasteiger partial charge in [-0.05, 0) is 24.3 Å². The van der Waals surface area contributed by atoms with E-state index in [1.54, 1.807) is 68.3 Å². The summed E-state index contributed by atoms with van der Waals surface area (Å²) in [5.74, 6) is 0.0487. The molecule has 4 rings (SSSR count). The van der Waals surface area contributed by atoms with Crippen molar-refractivity contribution in [1.29, 1.82) is 0 Å². The lowest BCUT2D eigenvalue weighted by atomic mass is 10.1. The second kappa shape index (κ2) is 6.21. The van der Waals surface area contributed by atoms with Gasteiger partial charge in [0.05, 0.1) is 5.52 Å². The highest BCUT2D eigenvalue weighted by Gasteiger charge is 2.24.